The van der Waals surface area contributed by atoms with E-state index in [0.29, 0.717) is 21.1 Å². The number of halogens is 2. The van der Waals surface area contributed by atoms with Crippen molar-refractivity contribution in [3.8, 4) is 0 Å². The largest absolute Gasteiger partial charge is 0.348 e. The van der Waals surface area contributed by atoms with Crippen LogP contribution < -0.4 is 10.9 Å². The van der Waals surface area contributed by atoms with Crippen LogP contribution in [0.5, 0.6) is 0 Å². The molecule has 1 heterocycles. The highest BCUT2D eigenvalue weighted by atomic mass is 35.5. The third-order valence-corrected chi connectivity index (χ3v) is 4.42. The van der Waals surface area contributed by atoms with Gasteiger partial charge in [0.15, 0.2) is 0 Å². The highest BCUT2D eigenvalue weighted by Gasteiger charge is 2.15. The lowest BCUT2D eigenvalue weighted by Crippen LogP contribution is -2.34. The molecule has 0 saturated heterocycles. The summed E-state index contributed by atoms with van der Waals surface area (Å²) in [5, 5.41) is 3.86. The van der Waals surface area contributed by atoms with Crippen LogP contribution in [0.15, 0.2) is 53.5 Å². The molecule has 3 aromatic rings. The van der Waals surface area contributed by atoms with Gasteiger partial charge in [-0.3, -0.25) is 14.2 Å². The van der Waals surface area contributed by atoms with Crippen molar-refractivity contribution >= 4 is 40.1 Å². The second-order valence-electron chi connectivity index (χ2n) is 5.63. The summed E-state index contributed by atoms with van der Waals surface area (Å²) in [6.07, 6.45) is 1.22. The molecule has 1 N–H and O–H groups in total. The second-order valence-corrected chi connectivity index (χ2v) is 6.47. The molecule has 0 saturated carbocycles. The lowest BCUT2D eigenvalue weighted by molar-refractivity contribution is -0.122. The molecule has 128 valence electrons. The molecule has 0 fully saturated rings. The van der Waals surface area contributed by atoms with Crippen molar-refractivity contribution in [1.29, 1.82) is 0 Å². The summed E-state index contributed by atoms with van der Waals surface area (Å²) in [6, 6.07) is 12.0. The topological polar surface area (TPSA) is 64.0 Å². The minimum absolute atomic E-state index is 0.0998. The van der Waals surface area contributed by atoms with E-state index in [0.717, 1.165) is 5.56 Å². The Morgan fingerprint density at radius 2 is 2.00 bits per heavy atom. The first-order chi connectivity index (χ1) is 12.0. The molecule has 0 bridgehead atoms. The van der Waals surface area contributed by atoms with Crippen molar-refractivity contribution in [1.82, 2.24) is 14.9 Å². The van der Waals surface area contributed by atoms with Gasteiger partial charge in [-0.1, -0.05) is 41.4 Å². The molecule has 3 rings (SSSR count). The number of aromatic nitrogens is 2. The summed E-state index contributed by atoms with van der Waals surface area (Å²) < 4.78 is 1.40. The summed E-state index contributed by atoms with van der Waals surface area (Å²) in [5.74, 6) is -0.294. The lowest BCUT2D eigenvalue weighted by atomic mass is 10.1. The SMILES string of the molecule is C[C@@H](NC(=O)Cn1c(=O)cnc2ccccc21)c1ccc(Cl)cc1Cl. The van der Waals surface area contributed by atoms with Gasteiger partial charge >= 0.3 is 0 Å². The second kappa shape index (κ2) is 7.25. The van der Waals surface area contributed by atoms with Crippen LogP contribution in [0.1, 0.15) is 18.5 Å². The average Bonchev–Trinajstić information content (AvgIpc) is 2.57. The predicted octanol–water partition coefficient (Wildman–Crippen LogP) is 3.58. The Morgan fingerprint density at radius 1 is 1.24 bits per heavy atom. The van der Waals surface area contributed by atoms with Crippen molar-refractivity contribution in [2.45, 2.75) is 19.5 Å². The normalized spacial score (nSPS) is 12.1. The summed E-state index contributed by atoms with van der Waals surface area (Å²) in [6.45, 7) is 1.72. The Bertz CT molecular complexity index is 1000. The quantitative estimate of drug-likeness (QED) is 0.757. The summed E-state index contributed by atoms with van der Waals surface area (Å²) in [4.78, 5) is 28.6. The van der Waals surface area contributed by atoms with Crippen molar-refractivity contribution in [3.63, 3.8) is 0 Å². The first-order valence-electron chi connectivity index (χ1n) is 7.64. The molecule has 0 aliphatic carbocycles. The number of benzene rings is 2. The van der Waals surface area contributed by atoms with Gasteiger partial charge in [0.1, 0.15) is 6.54 Å². The van der Waals surface area contributed by atoms with Gasteiger partial charge in [0.2, 0.25) is 5.91 Å². The van der Waals surface area contributed by atoms with Gasteiger partial charge in [-0.25, -0.2) is 4.98 Å². The van der Waals surface area contributed by atoms with E-state index in [1.54, 1.807) is 36.4 Å². The molecule has 1 atom stereocenters. The molecule has 0 unspecified atom stereocenters. The van der Waals surface area contributed by atoms with Crippen LogP contribution in [0, 0.1) is 0 Å². The standard InChI is InChI=1S/C18H15Cl2N3O2/c1-11(13-7-6-12(19)8-14(13)20)22-17(24)10-23-16-5-3-2-4-15(16)21-9-18(23)25/h2-9,11H,10H2,1H3,(H,22,24)/t11-/m1/s1. The predicted molar refractivity (Wildman–Crippen MR) is 99.0 cm³/mol. The molecule has 25 heavy (non-hydrogen) atoms. The van der Waals surface area contributed by atoms with Gasteiger partial charge in [0.25, 0.3) is 5.56 Å². The summed E-state index contributed by atoms with van der Waals surface area (Å²) in [5.41, 5.74) is 1.70. The number of fused-ring (bicyclic) bond motifs is 1. The Balaban J connectivity index is 1.81. The summed E-state index contributed by atoms with van der Waals surface area (Å²) >= 11 is 12.1. The Kier molecular flexibility index (Phi) is 5.06. The maximum atomic E-state index is 12.4. The Hall–Kier alpha value is -2.37. The van der Waals surface area contributed by atoms with E-state index in [1.807, 2.05) is 13.0 Å². The molecule has 0 aliphatic rings. The van der Waals surface area contributed by atoms with Crippen LogP contribution in [-0.4, -0.2) is 15.5 Å². The van der Waals surface area contributed by atoms with Gasteiger partial charge in [0.05, 0.1) is 23.3 Å². The van der Waals surface area contributed by atoms with E-state index in [4.69, 9.17) is 23.2 Å². The first kappa shape index (κ1) is 17.5. The van der Waals surface area contributed by atoms with Crippen molar-refractivity contribution in [2.24, 2.45) is 0 Å². The van der Waals surface area contributed by atoms with E-state index in [1.165, 1.54) is 10.8 Å². The van der Waals surface area contributed by atoms with E-state index < -0.39 is 0 Å². The monoisotopic (exact) mass is 375 g/mol. The number of hydrogen-bond donors (Lipinski definition) is 1. The molecule has 7 heteroatoms. The number of carbonyl (C=O) groups excluding carboxylic acids is 1. The Labute approximate surface area is 154 Å². The van der Waals surface area contributed by atoms with Crippen LogP contribution in [-0.2, 0) is 11.3 Å². The number of nitrogens with one attached hydrogen (secondary N) is 1. The van der Waals surface area contributed by atoms with Crippen molar-refractivity contribution < 1.29 is 4.79 Å². The third kappa shape index (κ3) is 3.83. The van der Waals surface area contributed by atoms with E-state index in [2.05, 4.69) is 10.3 Å². The molecular weight excluding hydrogens is 361 g/mol. The van der Waals surface area contributed by atoms with E-state index >= 15 is 0 Å². The van der Waals surface area contributed by atoms with Crippen LogP contribution in [0.2, 0.25) is 10.0 Å². The fraction of sp³-hybridized carbons (Fsp3) is 0.167. The van der Waals surface area contributed by atoms with E-state index in [9.17, 15) is 9.59 Å². The highest BCUT2D eigenvalue weighted by molar-refractivity contribution is 6.35. The Morgan fingerprint density at radius 3 is 2.76 bits per heavy atom. The maximum absolute atomic E-state index is 12.4. The number of para-hydroxylation sites is 2. The first-order valence-corrected chi connectivity index (χ1v) is 8.40. The van der Waals surface area contributed by atoms with Gasteiger partial charge in [-0.05, 0) is 36.8 Å². The molecule has 1 aromatic heterocycles. The highest BCUT2D eigenvalue weighted by Crippen LogP contribution is 2.26. The molecule has 5 nitrogen and oxygen atoms in total. The minimum Gasteiger partial charge on any atom is -0.348 e. The van der Waals surface area contributed by atoms with Crippen LogP contribution in [0.25, 0.3) is 11.0 Å². The van der Waals surface area contributed by atoms with Crippen LogP contribution in [0.4, 0.5) is 0 Å². The molecule has 2 aromatic carbocycles. The van der Waals surface area contributed by atoms with Crippen LogP contribution >= 0.6 is 23.2 Å². The number of amides is 1. The smallest absolute Gasteiger partial charge is 0.269 e. The minimum atomic E-state index is -0.328. The lowest BCUT2D eigenvalue weighted by Gasteiger charge is -2.17. The average molecular weight is 376 g/mol. The van der Waals surface area contributed by atoms with Gasteiger partial charge in [-0.15, -0.1) is 0 Å². The van der Waals surface area contributed by atoms with Crippen LogP contribution in [0.3, 0.4) is 0 Å². The summed E-state index contributed by atoms with van der Waals surface area (Å²) in [7, 11) is 0. The molecular formula is C18H15Cl2N3O2. The van der Waals surface area contributed by atoms with Gasteiger partial charge < -0.3 is 5.32 Å². The van der Waals surface area contributed by atoms with Crippen molar-refractivity contribution in [3.05, 3.63) is 74.6 Å². The van der Waals surface area contributed by atoms with E-state index in [-0.39, 0.29) is 24.1 Å². The number of nitrogens with zero attached hydrogens (tertiary/aromatic N) is 2. The molecule has 1 amide bonds. The molecule has 0 aliphatic heterocycles. The molecule has 0 radical (unpaired) electrons. The molecule has 0 spiro atoms. The van der Waals surface area contributed by atoms with Gasteiger partial charge in [0, 0.05) is 10.0 Å². The maximum Gasteiger partial charge on any atom is 0.269 e. The zero-order valence-corrected chi connectivity index (χ0v) is 14.9. The number of carbonyl (C=O) groups is 1. The number of hydrogen-bond acceptors (Lipinski definition) is 3. The number of rotatable bonds is 4. The third-order valence-electron chi connectivity index (χ3n) is 3.86. The fourth-order valence-electron chi connectivity index (χ4n) is 2.64. The van der Waals surface area contributed by atoms with Gasteiger partial charge in [-0.2, -0.15) is 0 Å². The fourth-order valence-corrected chi connectivity index (χ4v) is 3.21. The zero-order valence-electron chi connectivity index (χ0n) is 13.4. The van der Waals surface area contributed by atoms with Crippen molar-refractivity contribution in [2.75, 3.05) is 0 Å². The zero-order chi connectivity index (χ0) is 18.0.